The van der Waals surface area contributed by atoms with E-state index in [1.165, 1.54) is 12.1 Å². The molecule has 0 aliphatic heterocycles. The lowest BCUT2D eigenvalue weighted by molar-refractivity contribution is 0.250. The molecule has 0 saturated heterocycles. The van der Waals surface area contributed by atoms with Gasteiger partial charge in [-0.1, -0.05) is 54.5 Å². The number of hydrogen-bond donors (Lipinski definition) is 0. The predicted octanol–water partition coefficient (Wildman–Crippen LogP) is 5.65. The predicted molar refractivity (Wildman–Crippen MR) is 81.3 cm³/mol. The zero-order valence-corrected chi connectivity index (χ0v) is 13.7. The van der Waals surface area contributed by atoms with Crippen LogP contribution in [0.2, 0.25) is 0 Å². The van der Waals surface area contributed by atoms with Gasteiger partial charge in [-0.25, -0.2) is 4.39 Å². The van der Waals surface area contributed by atoms with Crippen LogP contribution in [-0.4, -0.2) is 7.11 Å². The van der Waals surface area contributed by atoms with Crippen LogP contribution in [0.3, 0.4) is 0 Å². The molecule has 0 radical (unpaired) electrons. The van der Waals surface area contributed by atoms with Crippen molar-refractivity contribution in [1.82, 2.24) is 0 Å². The number of ether oxygens (including phenoxy) is 1. The van der Waals surface area contributed by atoms with Gasteiger partial charge in [0.25, 0.3) is 0 Å². The topological polar surface area (TPSA) is 9.23 Å². The Morgan fingerprint density at radius 1 is 1.11 bits per heavy atom. The summed E-state index contributed by atoms with van der Waals surface area (Å²) in [7, 11) is 1.60. The highest BCUT2D eigenvalue weighted by Gasteiger charge is 2.31. The van der Waals surface area contributed by atoms with Gasteiger partial charge in [-0.05, 0) is 28.9 Å². The summed E-state index contributed by atoms with van der Waals surface area (Å²) >= 11 is 0. The summed E-state index contributed by atoms with van der Waals surface area (Å²) < 4.78 is 18.5. The summed E-state index contributed by atoms with van der Waals surface area (Å²) in [4.78, 5) is 0. The van der Waals surface area contributed by atoms with Crippen LogP contribution in [0.1, 0.15) is 59.9 Å². The standard InChI is InChI=1S/C15H23FO.C2H6/c1-10(2)14(15(3,4)5)12-8-7-11(16)9-13(12)17-6;1-2/h7-10,14H,1-6H3;1-2H3. The Bertz CT molecular complexity index is 377. The normalized spacial score (nSPS) is 12.7. The zero-order chi connectivity index (χ0) is 15.2. The minimum Gasteiger partial charge on any atom is -0.496 e. The van der Waals surface area contributed by atoms with Gasteiger partial charge in [0.05, 0.1) is 7.11 Å². The van der Waals surface area contributed by atoms with Gasteiger partial charge in [-0.3, -0.25) is 0 Å². The van der Waals surface area contributed by atoms with Crippen molar-refractivity contribution < 1.29 is 9.13 Å². The summed E-state index contributed by atoms with van der Waals surface area (Å²) in [5, 5.41) is 0. The van der Waals surface area contributed by atoms with Crippen LogP contribution in [0.25, 0.3) is 0 Å². The molecule has 1 atom stereocenters. The van der Waals surface area contributed by atoms with Crippen LogP contribution in [0.15, 0.2) is 18.2 Å². The van der Waals surface area contributed by atoms with Crippen molar-refractivity contribution in [2.45, 2.75) is 54.4 Å². The van der Waals surface area contributed by atoms with Crippen LogP contribution >= 0.6 is 0 Å². The van der Waals surface area contributed by atoms with E-state index in [4.69, 9.17) is 4.74 Å². The highest BCUT2D eigenvalue weighted by molar-refractivity contribution is 5.38. The number of hydrogen-bond acceptors (Lipinski definition) is 1. The van der Waals surface area contributed by atoms with Gasteiger partial charge in [-0.2, -0.15) is 0 Å². The molecule has 0 heterocycles. The van der Waals surface area contributed by atoms with Gasteiger partial charge in [0, 0.05) is 6.07 Å². The van der Waals surface area contributed by atoms with Gasteiger partial charge in [-0.15, -0.1) is 0 Å². The first-order valence-corrected chi connectivity index (χ1v) is 7.10. The van der Waals surface area contributed by atoms with Crippen molar-refractivity contribution in [2.24, 2.45) is 11.3 Å². The SMILES string of the molecule is CC.COc1cc(F)ccc1C(C(C)C)C(C)(C)C. The number of methoxy groups -OCH3 is 1. The van der Waals surface area contributed by atoms with Crippen molar-refractivity contribution in [2.75, 3.05) is 7.11 Å². The Hall–Kier alpha value is -1.05. The summed E-state index contributed by atoms with van der Waals surface area (Å²) in [6.45, 7) is 15.0. The fraction of sp³-hybridized carbons (Fsp3) is 0.647. The lowest BCUT2D eigenvalue weighted by atomic mass is 9.70. The molecule has 0 aliphatic carbocycles. The average molecular weight is 268 g/mol. The maximum absolute atomic E-state index is 13.2. The molecular weight excluding hydrogens is 239 g/mol. The number of halogens is 1. The molecule has 0 aromatic heterocycles. The van der Waals surface area contributed by atoms with Gasteiger partial charge in [0.15, 0.2) is 0 Å². The molecule has 1 unspecified atom stereocenters. The van der Waals surface area contributed by atoms with E-state index in [0.29, 0.717) is 17.6 Å². The molecule has 1 rings (SSSR count). The first-order valence-electron chi connectivity index (χ1n) is 7.10. The molecule has 2 heteroatoms. The van der Waals surface area contributed by atoms with Gasteiger partial charge in [0.2, 0.25) is 0 Å². The minimum atomic E-state index is -0.248. The lowest BCUT2D eigenvalue weighted by Crippen LogP contribution is -2.23. The Kier molecular flexibility index (Phi) is 7.10. The van der Waals surface area contributed by atoms with Gasteiger partial charge >= 0.3 is 0 Å². The highest BCUT2D eigenvalue weighted by Crippen LogP contribution is 2.44. The Balaban J connectivity index is 0.00000154. The van der Waals surface area contributed by atoms with Gasteiger partial charge < -0.3 is 4.74 Å². The van der Waals surface area contributed by atoms with Crippen LogP contribution < -0.4 is 4.74 Å². The van der Waals surface area contributed by atoms with E-state index in [2.05, 4.69) is 34.6 Å². The van der Waals surface area contributed by atoms with E-state index in [0.717, 1.165) is 5.56 Å². The zero-order valence-electron chi connectivity index (χ0n) is 13.7. The van der Waals surface area contributed by atoms with Crippen molar-refractivity contribution in [1.29, 1.82) is 0 Å². The summed E-state index contributed by atoms with van der Waals surface area (Å²) in [6.07, 6.45) is 0. The molecule has 0 amide bonds. The molecule has 0 bridgehead atoms. The molecule has 0 N–H and O–H groups in total. The van der Waals surface area contributed by atoms with Crippen molar-refractivity contribution in [3.05, 3.63) is 29.6 Å². The quantitative estimate of drug-likeness (QED) is 0.688. The van der Waals surface area contributed by atoms with E-state index in [9.17, 15) is 4.39 Å². The molecule has 0 saturated carbocycles. The van der Waals surface area contributed by atoms with Gasteiger partial charge in [0.1, 0.15) is 11.6 Å². The summed E-state index contributed by atoms with van der Waals surface area (Å²) in [5.74, 6) is 1.23. The largest absolute Gasteiger partial charge is 0.496 e. The van der Waals surface area contributed by atoms with Crippen LogP contribution in [0.4, 0.5) is 4.39 Å². The lowest BCUT2D eigenvalue weighted by Gasteiger charge is -2.35. The van der Waals surface area contributed by atoms with Crippen molar-refractivity contribution in [3.8, 4) is 5.75 Å². The first-order chi connectivity index (χ1) is 8.77. The molecule has 0 aliphatic rings. The number of benzene rings is 1. The summed E-state index contributed by atoms with van der Waals surface area (Å²) in [5.41, 5.74) is 1.22. The third-order valence-electron chi connectivity index (χ3n) is 3.13. The summed E-state index contributed by atoms with van der Waals surface area (Å²) in [6, 6.07) is 4.83. The molecule has 1 aromatic rings. The maximum Gasteiger partial charge on any atom is 0.126 e. The second-order valence-electron chi connectivity index (χ2n) is 5.97. The Labute approximate surface area is 118 Å². The second-order valence-corrected chi connectivity index (χ2v) is 5.97. The van der Waals surface area contributed by atoms with E-state index < -0.39 is 0 Å². The second kappa shape index (κ2) is 7.52. The first kappa shape index (κ1) is 17.9. The van der Waals surface area contributed by atoms with E-state index in [1.807, 2.05) is 19.9 Å². The Morgan fingerprint density at radius 2 is 1.63 bits per heavy atom. The minimum absolute atomic E-state index is 0.124. The third kappa shape index (κ3) is 4.85. The fourth-order valence-electron chi connectivity index (χ4n) is 2.77. The van der Waals surface area contributed by atoms with E-state index >= 15 is 0 Å². The van der Waals surface area contributed by atoms with E-state index in [-0.39, 0.29) is 11.2 Å². The molecule has 1 aromatic carbocycles. The molecule has 0 spiro atoms. The molecule has 19 heavy (non-hydrogen) atoms. The van der Waals surface area contributed by atoms with Crippen molar-refractivity contribution in [3.63, 3.8) is 0 Å². The maximum atomic E-state index is 13.2. The molecule has 0 fully saturated rings. The number of rotatable bonds is 3. The fourth-order valence-corrected chi connectivity index (χ4v) is 2.77. The smallest absolute Gasteiger partial charge is 0.126 e. The van der Waals surface area contributed by atoms with Crippen LogP contribution in [0, 0.1) is 17.2 Å². The molecule has 110 valence electrons. The van der Waals surface area contributed by atoms with Crippen LogP contribution in [-0.2, 0) is 0 Å². The third-order valence-corrected chi connectivity index (χ3v) is 3.13. The van der Waals surface area contributed by atoms with Crippen LogP contribution in [0.5, 0.6) is 5.75 Å². The average Bonchev–Trinajstić information content (AvgIpc) is 2.31. The monoisotopic (exact) mass is 268 g/mol. The Morgan fingerprint density at radius 3 is 2.00 bits per heavy atom. The van der Waals surface area contributed by atoms with E-state index in [1.54, 1.807) is 7.11 Å². The molecular formula is C17H29FO. The highest BCUT2D eigenvalue weighted by atomic mass is 19.1. The van der Waals surface area contributed by atoms with Crippen molar-refractivity contribution >= 4 is 0 Å². The molecule has 1 nitrogen and oxygen atoms in total.